The Morgan fingerprint density at radius 1 is 1.22 bits per heavy atom. The zero-order valence-electron chi connectivity index (χ0n) is 11.1. The summed E-state index contributed by atoms with van der Waals surface area (Å²) in [6.45, 7) is 3.22. The van der Waals surface area contributed by atoms with Crippen LogP contribution in [0.2, 0.25) is 5.02 Å². The van der Waals surface area contributed by atoms with E-state index < -0.39 is 0 Å². The van der Waals surface area contributed by atoms with Gasteiger partial charge in [-0.05, 0) is 24.0 Å². The molecule has 0 saturated heterocycles. The molecule has 0 fully saturated rings. The van der Waals surface area contributed by atoms with Crippen LogP contribution in [0.4, 0.5) is 0 Å². The number of hydrogen-bond donors (Lipinski definition) is 1. The number of hydrogen-bond acceptors (Lipinski definition) is 3. The molecule has 0 aromatic heterocycles. The van der Waals surface area contributed by atoms with E-state index >= 15 is 0 Å². The van der Waals surface area contributed by atoms with Crippen molar-refractivity contribution in [3.8, 4) is 0 Å². The van der Waals surface area contributed by atoms with Crippen LogP contribution < -0.4 is 5.32 Å². The van der Waals surface area contributed by atoms with Gasteiger partial charge in [-0.2, -0.15) is 0 Å². The van der Waals surface area contributed by atoms with Crippen molar-refractivity contribution in [2.24, 2.45) is 5.92 Å². The highest BCUT2D eigenvalue weighted by atomic mass is 35.5. The van der Waals surface area contributed by atoms with E-state index in [0.717, 1.165) is 37.7 Å². The molecule has 1 rings (SSSR count). The van der Waals surface area contributed by atoms with Crippen molar-refractivity contribution in [2.75, 3.05) is 40.5 Å². The first kappa shape index (κ1) is 15.4. The molecule has 1 aromatic rings. The van der Waals surface area contributed by atoms with E-state index in [4.69, 9.17) is 21.1 Å². The second-order valence-electron chi connectivity index (χ2n) is 4.31. The molecule has 0 aliphatic carbocycles. The van der Waals surface area contributed by atoms with Gasteiger partial charge in [0, 0.05) is 32.3 Å². The number of nitrogens with one attached hydrogen (secondary N) is 1. The van der Waals surface area contributed by atoms with Crippen LogP contribution in [0.1, 0.15) is 5.56 Å². The number of benzene rings is 1. The van der Waals surface area contributed by atoms with E-state index in [0.29, 0.717) is 5.92 Å². The van der Waals surface area contributed by atoms with Crippen LogP contribution in [0.5, 0.6) is 0 Å². The number of rotatable bonds is 9. The Morgan fingerprint density at radius 2 is 2.00 bits per heavy atom. The molecule has 0 amide bonds. The summed E-state index contributed by atoms with van der Waals surface area (Å²) in [5.41, 5.74) is 1.18. The molecule has 0 heterocycles. The minimum absolute atomic E-state index is 0.423. The molecule has 3 nitrogen and oxygen atoms in total. The minimum atomic E-state index is 0.423. The van der Waals surface area contributed by atoms with Crippen LogP contribution in [0.3, 0.4) is 0 Å². The molecule has 1 N–H and O–H groups in total. The van der Waals surface area contributed by atoms with Crippen LogP contribution >= 0.6 is 11.6 Å². The quantitative estimate of drug-likeness (QED) is 0.700. The lowest BCUT2D eigenvalue weighted by Gasteiger charge is -2.17. The molecule has 1 atom stereocenters. The lowest BCUT2D eigenvalue weighted by Crippen LogP contribution is -2.29. The van der Waals surface area contributed by atoms with Crippen LogP contribution in [-0.4, -0.2) is 40.5 Å². The summed E-state index contributed by atoms with van der Waals surface area (Å²) in [7, 11) is 3.44. The Kier molecular flexibility index (Phi) is 8.01. The maximum Gasteiger partial charge on any atom is 0.0587 e. The van der Waals surface area contributed by atoms with Crippen LogP contribution in [-0.2, 0) is 15.9 Å². The molecule has 0 bridgehead atoms. The highest BCUT2D eigenvalue weighted by Gasteiger charge is 2.11. The van der Waals surface area contributed by atoms with Crippen LogP contribution in [0.15, 0.2) is 24.3 Å². The van der Waals surface area contributed by atoms with Crippen LogP contribution in [0.25, 0.3) is 0 Å². The smallest absolute Gasteiger partial charge is 0.0587 e. The lowest BCUT2D eigenvalue weighted by atomic mass is 10.00. The third-order valence-electron chi connectivity index (χ3n) is 2.78. The summed E-state index contributed by atoms with van der Waals surface area (Å²) >= 11 is 6.17. The van der Waals surface area contributed by atoms with Crippen LogP contribution in [0, 0.1) is 5.92 Å². The largest absolute Gasteiger partial charge is 0.384 e. The Morgan fingerprint density at radius 3 is 2.67 bits per heavy atom. The van der Waals surface area contributed by atoms with Gasteiger partial charge in [-0.15, -0.1) is 0 Å². The summed E-state index contributed by atoms with van der Waals surface area (Å²) in [5.74, 6) is 0.423. The topological polar surface area (TPSA) is 30.5 Å². The van der Waals surface area contributed by atoms with Gasteiger partial charge in [0.1, 0.15) is 0 Å². The molecule has 1 unspecified atom stereocenters. The Hall–Kier alpha value is -0.610. The molecule has 102 valence electrons. The maximum absolute atomic E-state index is 6.17. The van der Waals surface area contributed by atoms with E-state index in [-0.39, 0.29) is 0 Å². The Balaban J connectivity index is 2.44. The van der Waals surface area contributed by atoms with Crippen molar-refractivity contribution in [1.29, 1.82) is 0 Å². The first-order chi connectivity index (χ1) is 8.77. The minimum Gasteiger partial charge on any atom is -0.384 e. The molecule has 0 aliphatic rings. The fraction of sp³-hybridized carbons (Fsp3) is 0.571. The van der Waals surface area contributed by atoms with E-state index in [1.54, 1.807) is 14.2 Å². The predicted molar refractivity (Wildman–Crippen MR) is 75.3 cm³/mol. The molecule has 18 heavy (non-hydrogen) atoms. The molecular weight excluding hydrogens is 250 g/mol. The average Bonchev–Trinajstić information content (AvgIpc) is 2.37. The van der Waals surface area contributed by atoms with E-state index in [1.807, 2.05) is 18.2 Å². The van der Waals surface area contributed by atoms with Gasteiger partial charge in [0.05, 0.1) is 13.2 Å². The van der Waals surface area contributed by atoms with Crippen molar-refractivity contribution in [3.05, 3.63) is 34.9 Å². The van der Waals surface area contributed by atoms with Gasteiger partial charge < -0.3 is 14.8 Å². The van der Waals surface area contributed by atoms with Crippen molar-refractivity contribution in [3.63, 3.8) is 0 Å². The molecular formula is C14H22ClNO2. The summed E-state index contributed by atoms with van der Waals surface area (Å²) in [6.07, 6.45) is 0.924. The molecule has 0 radical (unpaired) electrons. The van der Waals surface area contributed by atoms with Gasteiger partial charge >= 0.3 is 0 Å². The summed E-state index contributed by atoms with van der Waals surface area (Å²) in [5, 5.41) is 4.19. The van der Waals surface area contributed by atoms with Crippen molar-refractivity contribution >= 4 is 11.6 Å². The lowest BCUT2D eigenvalue weighted by molar-refractivity contribution is 0.147. The van der Waals surface area contributed by atoms with E-state index in [9.17, 15) is 0 Å². The van der Waals surface area contributed by atoms with E-state index in [2.05, 4.69) is 11.4 Å². The standard InChI is InChI=1S/C14H22ClNO2/c1-17-8-7-16-10-12(11-18-2)9-13-5-3-4-6-14(13)15/h3-6,12,16H,7-11H2,1-2H3. The van der Waals surface area contributed by atoms with E-state index in [1.165, 1.54) is 5.56 Å². The average molecular weight is 272 g/mol. The van der Waals surface area contributed by atoms with Gasteiger partial charge in [-0.25, -0.2) is 0 Å². The van der Waals surface area contributed by atoms with Gasteiger partial charge in [-0.3, -0.25) is 0 Å². The number of halogens is 1. The zero-order chi connectivity index (χ0) is 13.2. The third kappa shape index (κ3) is 5.83. The molecule has 0 saturated carbocycles. The second-order valence-corrected chi connectivity index (χ2v) is 4.72. The SMILES string of the molecule is COCCNCC(COC)Cc1ccccc1Cl. The fourth-order valence-electron chi connectivity index (χ4n) is 1.88. The van der Waals surface area contributed by atoms with Crippen molar-refractivity contribution in [2.45, 2.75) is 6.42 Å². The molecule has 4 heteroatoms. The number of methoxy groups -OCH3 is 2. The summed E-state index contributed by atoms with van der Waals surface area (Å²) in [4.78, 5) is 0. The van der Waals surface area contributed by atoms with Crippen molar-refractivity contribution < 1.29 is 9.47 Å². The van der Waals surface area contributed by atoms with Gasteiger partial charge in [0.15, 0.2) is 0 Å². The normalized spacial score (nSPS) is 12.6. The molecule has 0 spiro atoms. The van der Waals surface area contributed by atoms with Gasteiger partial charge in [0.25, 0.3) is 0 Å². The molecule has 1 aromatic carbocycles. The number of ether oxygens (including phenoxy) is 2. The highest BCUT2D eigenvalue weighted by Crippen LogP contribution is 2.18. The first-order valence-electron chi connectivity index (χ1n) is 6.20. The highest BCUT2D eigenvalue weighted by molar-refractivity contribution is 6.31. The van der Waals surface area contributed by atoms with Gasteiger partial charge in [0.2, 0.25) is 0 Å². The zero-order valence-corrected chi connectivity index (χ0v) is 11.9. The predicted octanol–water partition coefficient (Wildman–Crippen LogP) is 2.38. The second kappa shape index (κ2) is 9.34. The van der Waals surface area contributed by atoms with Gasteiger partial charge in [-0.1, -0.05) is 29.8 Å². The first-order valence-corrected chi connectivity index (χ1v) is 6.57. The summed E-state index contributed by atoms with van der Waals surface area (Å²) in [6, 6.07) is 7.97. The third-order valence-corrected chi connectivity index (χ3v) is 3.15. The Bertz CT molecular complexity index is 333. The molecule has 0 aliphatic heterocycles. The Labute approximate surface area is 114 Å². The fourth-order valence-corrected chi connectivity index (χ4v) is 2.09. The monoisotopic (exact) mass is 271 g/mol. The van der Waals surface area contributed by atoms with Crippen molar-refractivity contribution in [1.82, 2.24) is 5.32 Å². The summed E-state index contributed by atoms with van der Waals surface area (Å²) < 4.78 is 10.3. The maximum atomic E-state index is 6.17.